The largest absolute Gasteiger partial charge is 0.382 e. The number of aromatic nitrogens is 3. The number of para-hydroxylation sites is 1. The summed E-state index contributed by atoms with van der Waals surface area (Å²) in [6.45, 7) is 23.9. The number of unbranched alkanes of at least 4 members (excludes halogenated alkanes) is 2. The summed E-state index contributed by atoms with van der Waals surface area (Å²) >= 11 is 0. The third kappa shape index (κ3) is 48.1. The third-order valence-corrected chi connectivity index (χ3v) is 14.8. The molecule has 0 aliphatic rings. The number of nitrogens with two attached hydrogens (primary N) is 1. The van der Waals surface area contributed by atoms with Gasteiger partial charge in [-0.1, -0.05) is 43.7 Å². The molecule has 0 spiro atoms. The summed E-state index contributed by atoms with van der Waals surface area (Å²) in [7, 11) is 1.64. The number of fused-ring (bicyclic) bond motifs is 3. The summed E-state index contributed by atoms with van der Waals surface area (Å²) in [6.07, 6.45) is 6.82. The number of carbonyl (C=O) groups is 2. The molecule has 0 saturated heterocycles. The Morgan fingerprint density at radius 1 is 0.451 bits per heavy atom. The maximum Gasteiger partial charge on any atom is 0.222 e. The van der Waals surface area contributed by atoms with Crippen molar-refractivity contribution in [2.24, 2.45) is 4.99 Å². The summed E-state index contributed by atoms with van der Waals surface area (Å²) in [6, 6.07) is 16.1. The quantitative estimate of drug-likeness (QED) is 0.0240. The first-order valence-electron chi connectivity index (χ1n) is 36.5. The second kappa shape index (κ2) is 65.4. The molecule has 0 unspecified atom stereocenters. The average molecular weight is 1450 g/mol. The van der Waals surface area contributed by atoms with Gasteiger partial charge in [0.15, 0.2) is 5.82 Å². The molecule has 0 atom stereocenters. The highest BCUT2D eigenvalue weighted by atomic mass is 16.6. The Hall–Kier alpha value is -5.07. The van der Waals surface area contributed by atoms with E-state index < -0.39 is 0 Å². The molecule has 2 aromatic heterocycles. The second-order valence-corrected chi connectivity index (χ2v) is 23.1. The van der Waals surface area contributed by atoms with E-state index in [1.807, 2.05) is 42.5 Å². The lowest BCUT2D eigenvalue weighted by molar-refractivity contribution is -0.122. The molecule has 0 aliphatic heterocycles. The van der Waals surface area contributed by atoms with Crippen molar-refractivity contribution in [1.82, 2.24) is 19.9 Å². The Bertz CT molecular complexity index is 2670. The lowest BCUT2D eigenvalue weighted by Gasteiger charge is -2.13. The predicted molar refractivity (Wildman–Crippen MR) is 388 cm³/mol. The summed E-state index contributed by atoms with van der Waals surface area (Å²) in [5.41, 5.74) is 11.0. The number of nitrogens with zero attached hydrogens (tertiary/aromatic N) is 4. The van der Waals surface area contributed by atoms with E-state index in [1.165, 1.54) is 0 Å². The Kier molecular flexibility index (Phi) is 57.3. The molecular weight excluding hydrogens is 1330 g/mol. The number of amides is 1. The van der Waals surface area contributed by atoms with Crippen LogP contribution in [0.1, 0.15) is 76.6 Å². The van der Waals surface area contributed by atoms with Gasteiger partial charge >= 0.3 is 0 Å². The zero-order chi connectivity index (χ0) is 72.3. The minimum Gasteiger partial charge on any atom is -0.382 e. The number of ketones is 1. The van der Waals surface area contributed by atoms with Crippen LogP contribution in [0.5, 0.6) is 0 Å². The Morgan fingerprint density at radius 3 is 1.29 bits per heavy atom. The van der Waals surface area contributed by atoms with Crippen molar-refractivity contribution < 1.29 is 104 Å². The Balaban J connectivity index is 1.02. The van der Waals surface area contributed by atoms with E-state index >= 15 is 0 Å². The fourth-order valence-corrected chi connectivity index (χ4v) is 9.47. The molecule has 582 valence electrons. The number of imidazole rings is 1. The van der Waals surface area contributed by atoms with E-state index in [-0.39, 0.29) is 24.7 Å². The molecule has 29 nitrogen and oxygen atoms in total. The highest BCUT2D eigenvalue weighted by molar-refractivity contribution is 6.06. The van der Waals surface area contributed by atoms with Crippen LogP contribution in [0.2, 0.25) is 0 Å². The number of benzene rings is 2. The first kappa shape index (κ1) is 89.3. The van der Waals surface area contributed by atoms with Crippen molar-refractivity contribution in [3.8, 4) is 0 Å². The van der Waals surface area contributed by atoms with Crippen molar-refractivity contribution >= 4 is 51.0 Å². The standard InChI is InChI=1S/C73H123N7O22/c1-4-5-17-69-79-71-72(66-14-6-7-15-67(66)78-73(71)74)80(69)21-9-8-20-75-68(16-11-22-84-27-30-88-35-38-92-43-46-96-51-54-100-59-60-101-55-52-97-47-44-93-39-36-89-31-28-85-23-18-63(2)81)77-65-13-10-12-64(61-65)62-76-70(82)19-24-86-29-32-90-37-40-94-45-48-98-53-56-102-58-57-99-50-49-95-42-41-91-34-33-87-26-25-83-3/h6-7,10,12-15,61H,4-5,8-9,11,16-60,62H2,1-3H3,(H2,74,78)(H,75,77)(H,76,82). The molecule has 29 heteroatoms. The number of Topliss-reactive ketones (excluding diaryl/α,β-unsaturated/α-hetero) is 1. The van der Waals surface area contributed by atoms with Crippen LogP contribution in [0, 0.1) is 0 Å². The number of pyridine rings is 1. The fourth-order valence-electron chi connectivity index (χ4n) is 9.47. The predicted octanol–water partition coefficient (Wildman–Crippen LogP) is 6.53. The SMILES string of the molecule is CCCCc1nc2c(N)nc3ccccc3c2n1CCCCN=C(CCCOCCOCCOCCOCCOCCOCCOCCOCCOCCOCCC(C)=O)Nc1cccc(CNC(=O)CCOCCOCCOCCOCCOCCOCCOCCOCCOCCOC)c1. The zero-order valence-corrected chi connectivity index (χ0v) is 61.5. The van der Waals surface area contributed by atoms with Crippen molar-refractivity contribution in [2.45, 2.75) is 84.7 Å². The normalized spacial score (nSPS) is 11.9. The maximum absolute atomic E-state index is 12.8. The first-order chi connectivity index (χ1) is 50.4. The lowest BCUT2D eigenvalue weighted by atomic mass is 10.1. The minimum absolute atomic E-state index is 0.104. The van der Waals surface area contributed by atoms with Crippen molar-refractivity contribution in [2.75, 3.05) is 282 Å². The molecular formula is C73H123N7O22. The average Bonchev–Trinajstić information content (AvgIpc) is 1.59. The Morgan fingerprint density at radius 2 is 0.863 bits per heavy atom. The molecule has 1 amide bonds. The van der Waals surface area contributed by atoms with Crippen LogP contribution in [-0.2, 0) is 124 Å². The smallest absolute Gasteiger partial charge is 0.222 e. The van der Waals surface area contributed by atoms with E-state index in [0.29, 0.717) is 283 Å². The molecule has 0 radical (unpaired) electrons. The number of hydrogen-bond donors (Lipinski definition) is 3. The van der Waals surface area contributed by atoms with Gasteiger partial charge in [0.1, 0.15) is 23.0 Å². The first-order valence-corrected chi connectivity index (χ1v) is 36.5. The van der Waals surface area contributed by atoms with Gasteiger partial charge in [0.2, 0.25) is 5.91 Å². The molecule has 0 saturated carbocycles. The number of anilines is 2. The van der Waals surface area contributed by atoms with E-state index in [2.05, 4.69) is 33.2 Å². The van der Waals surface area contributed by atoms with Gasteiger partial charge in [0.25, 0.3) is 0 Å². The number of aryl methyl sites for hydroxylation is 2. The molecule has 0 aliphatic carbocycles. The topological polar surface area (TPSA) is 312 Å². The van der Waals surface area contributed by atoms with Crippen LogP contribution < -0.4 is 16.4 Å². The molecule has 4 aromatic rings. The van der Waals surface area contributed by atoms with Gasteiger partial charge in [0.05, 0.1) is 262 Å². The number of hydrogen-bond acceptors (Lipinski definition) is 26. The van der Waals surface area contributed by atoms with E-state index in [0.717, 1.165) is 89.9 Å². The van der Waals surface area contributed by atoms with Gasteiger partial charge in [-0.25, -0.2) is 9.97 Å². The number of rotatable bonds is 75. The van der Waals surface area contributed by atoms with Crippen LogP contribution in [0.25, 0.3) is 21.9 Å². The van der Waals surface area contributed by atoms with Gasteiger partial charge in [0, 0.05) is 70.1 Å². The molecule has 4 N–H and O–H groups in total. The van der Waals surface area contributed by atoms with Gasteiger partial charge < -0.3 is 116 Å². The van der Waals surface area contributed by atoms with Crippen LogP contribution in [-0.4, -0.2) is 303 Å². The number of methoxy groups -OCH3 is 1. The van der Waals surface area contributed by atoms with Crippen LogP contribution in [0.4, 0.5) is 11.5 Å². The summed E-state index contributed by atoms with van der Waals surface area (Å²) in [4.78, 5) is 38.5. The number of aliphatic imine (C=N–C) groups is 1. The summed E-state index contributed by atoms with van der Waals surface area (Å²) < 4.78 is 113. The molecule has 2 aromatic carbocycles. The fraction of sp³-hybridized carbons (Fsp3) is 0.740. The molecule has 4 rings (SSSR count). The van der Waals surface area contributed by atoms with E-state index in [1.54, 1.807) is 14.0 Å². The van der Waals surface area contributed by atoms with Crippen LogP contribution in [0.15, 0.2) is 53.5 Å². The second-order valence-electron chi connectivity index (χ2n) is 23.1. The number of ether oxygens (including phenoxy) is 20. The number of amidine groups is 1. The highest BCUT2D eigenvalue weighted by Crippen LogP contribution is 2.30. The molecule has 102 heavy (non-hydrogen) atoms. The zero-order valence-electron chi connectivity index (χ0n) is 61.5. The lowest BCUT2D eigenvalue weighted by Crippen LogP contribution is -2.24. The highest BCUT2D eigenvalue weighted by Gasteiger charge is 2.17. The van der Waals surface area contributed by atoms with Crippen LogP contribution in [0.3, 0.4) is 0 Å². The summed E-state index contributed by atoms with van der Waals surface area (Å²) in [5.74, 6) is 2.37. The number of nitrogens with one attached hydrogen (secondary N) is 2. The maximum atomic E-state index is 12.8. The van der Waals surface area contributed by atoms with Crippen molar-refractivity contribution in [3.63, 3.8) is 0 Å². The van der Waals surface area contributed by atoms with Gasteiger partial charge in [-0.05, 0) is 56.4 Å². The van der Waals surface area contributed by atoms with E-state index in [9.17, 15) is 9.59 Å². The van der Waals surface area contributed by atoms with Crippen molar-refractivity contribution in [3.05, 3.63) is 59.9 Å². The van der Waals surface area contributed by atoms with Gasteiger partial charge in [-0.2, -0.15) is 0 Å². The van der Waals surface area contributed by atoms with Gasteiger partial charge in [-0.15, -0.1) is 0 Å². The monoisotopic (exact) mass is 1450 g/mol. The van der Waals surface area contributed by atoms with Gasteiger partial charge in [-0.3, -0.25) is 14.6 Å². The summed E-state index contributed by atoms with van der Waals surface area (Å²) in [5, 5.41) is 7.66. The van der Waals surface area contributed by atoms with Crippen LogP contribution >= 0.6 is 0 Å². The molecule has 2 heterocycles. The van der Waals surface area contributed by atoms with E-state index in [4.69, 9.17) is 110 Å². The molecule has 0 fully saturated rings. The minimum atomic E-state index is -0.104. The van der Waals surface area contributed by atoms with Crippen molar-refractivity contribution in [1.29, 1.82) is 0 Å². The molecule has 0 bridgehead atoms. The number of carbonyl (C=O) groups excluding carboxylic acids is 2. The number of nitrogen functional groups attached to an aromatic ring is 1. The Labute approximate surface area is 604 Å². The third-order valence-electron chi connectivity index (χ3n) is 14.8.